The van der Waals surface area contributed by atoms with Gasteiger partial charge in [0.2, 0.25) is 5.91 Å². The van der Waals surface area contributed by atoms with E-state index in [0.29, 0.717) is 5.92 Å². The Labute approximate surface area is 117 Å². The van der Waals surface area contributed by atoms with E-state index in [2.05, 4.69) is 15.5 Å². The van der Waals surface area contributed by atoms with Gasteiger partial charge in [-0.1, -0.05) is 0 Å². The molecule has 1 aliphatic carbocycles. The highest BCUT2D eigenvalue weighted by molar-refractivity contribution is 5.98. The van der Waals surface area contributed by atoms with Crippen molar-refractivity contribution in [3.63, 3.8) is 0 Å². The van der Waals surface area contributed by atoms with Crippen LogP contribution in [0.15, 0.2) is 36.7 Å². The molecule has 1 aromatic carbocycles. The average molecular weight is 271 g/mol. The van der Waals surface area contributed by atoms with Crippen LogP contribution in [0.4, 0.5) is 5.69 Å². The Morgan fingerprint density at radius 2 is 1.90 bits per heavy atom. The lowest BCUT2D eigenvalue weighted by molar-refractivity contribution is -0.121. The van der Waals surface area contributed by atoms with E-state index >= 15 is 0 Å². The monoisotopic (exact) mass is 271 g/mol. The van der Waals surface area contributed by atoms with Crippen molar-refractivity contribution in [2.45, 2.75) is 25.3 Å². The van der Waals surface area contributed by atoms with Crippen LogP contribution in [-0.4, -0.2) is 26.4 Å². The van der Waals surface area contributed by atoms with Gasteiger partial charge in [-0.2, -0.15) is 15.0 Å². The number of rotatable bonds is 4. The number of carbonyl (C=O) groups excluding carboxylic acids is 1. The standard InChI is InChI=1S/C14H17N5O/c1-14(15,10-2-3-10)13(20)18-11-4-6-12(7-5-11)19-16-8-9-17-19/h4-10H,2-3,15H2,1H3,(H,18,20). The van der Waals surface area contributed by atoms with Crippen LogP contribution in [0, 0.1) is 5.92 Å². The molecule has 3 N–H and O–H groups in total. The molecule has 104 valence electrons. The van der Waals surface area contributed by atoms with Crippen LogP contribution < -0.4 is 11.1 Å². The molecular formula is C14H17N5O. The van der Waals surface area contributed by atoms with Crippen LogP contribution in [0.1, 0.15) is 19.8 Å². The van der Waals surface area contributed by atoms with E-state index in [1.54, 1.807) is 19.3 Å². The Bertz CT molecular complexity index is 599. The minimum atomic E-state index is -0.789. The van der Waals surface area contributed by atoms with Crippen LogP contribution in [0.5, 0.6) is 0 Å². The highest BCUT2D eigenvalue weighted by Crippen LogP contribution is 2.38. The molecule has 2 aromatic rings. The first-order chi connectivity index (χ1) is 9.57. The summed E-state index contributed by atoms with van der Waals surface area (Å²) >= 11 is 0. The molecule has 1 fully saturated rings. The van der Waals surface area contributed by atoms with E-state index < -0.39 is 5.54 Å². The van der Waals surface area contributed by atoms with Crippen LogP contribution in [0.3, 0.4) is 0 Å². The topological polar surface area (TPSA) is 85.8 Å². The van der Waals surface area contributed by atoms with Gasteiger partial charge in [0.25, 0.3) is 0 Å². The van der Waals surface area contributed by atoms with Gasteiger partial charge >= 0.3 is 0 Å². The second kappa shape index (κ2) is 4.72. The first-order valence-corrected chi connectivity index (χ1v) is 6.64. The van der Waals surface area contributed by atoms with Crippen molar-refractivity contribution in [1.29, 1.82) is 0 Å². The zero-order valence-electron chi connectivity index (χ0n) is 11.3. The molecule has 20 heavy (non-hydrogen) atoms. The lowest BCUT2D eigenvalue weighted by Crippen LogP contribution is -2.50. The third kappa shape index (κ3) is 2.42. The largest absolute Gasteiger partial charge is 0.324 e. The fourth-order valence-corrected chi connectivity index (χ4v) is 2.16. The second-order valence-electron chi connectivity index (χ2n) is 5.38. The van der Waals surface area contributed by atoms with Crippen molar-refractivity contribution in [1.82, 2.24) is 15.0 Å². The summed E-state index contributed by atoms with van der Waals surface area (Å²) in [5.74, 6) is 0.167. The molecule has 1 atom stereocenters. The fourth-order valence-electron chi connectivity index (χ4n) is 2.16. The van der Waals surface area contributed by atoms with Crippen molar-refractivity contribution in [2.75, 3.05) is 5.32 Å². The van der Waals surface area contributed by atoms with Gasteiger partial charge in [-0.25, -0.2) is 0 Å². The molecular weight excluding hydrogens is 254 g/mol. The van der Waals surface area contributed by atoms with Gasteiger partial charge in [0.15, 0.2) is 0 Å². The number of amides is 1. The molecule has 1 heterocycles. The zero-order valence-corrected chi connectivity index (χ0v) is 11.3. The molecule has 0 spiro atoms. The lowest BCUT2D eigenvalue weighted by Gasteiger charge is -2.23. The van der Waals surface area contributed by atoms with Crippen molar-refractivity contribution in [3.05, 3.63) is 36.7 Å². The highest BCUT2D eigenvalue weighted by Gasteiger charge is 2.44. The number of nitrogens with two attached hydrogens (primary N) is 1. The van der Waals surface area contributed by atoms with E-state index in [1.165, 1.54) is 4.80 Å². The number of nitrogens with one attached hydrogen (secondary N) is 1. The summed E-state index contributed by atoms with van der Waals surface area (Å²) in [6.07, 6.45) is 5.30. The average Bonchev–Trinajstić information content (AvgIpc) is 3.17. The van der Waals surface area contributed by atoms with E-state index in [4.69, 9.17) is 5.73 Å². The molecule has 6 nitrogen and oxygen atoms in total. The normalized spacial score (nSPS) is 17.5. The first kappa shape index (κ1) is 12.8. The third-order valence-electron chi connectivity index (χ3n) is 3.69. The van der Waals surface area contributed by atoms with Crippen molar-refractivity contribution >= 4 is 11.6 Å². The smallest absolute Gasteiger partial charge is 0.244 e. The summed E-state index contributed by atoms with van der Waals surface area (Å²) in [5, 5.41) is 11.0. The Morgan fingerprint density at radius 1 is 1.30 bits per heavy atom. The van der Waals surface area contributed by atoms with Crippen LogP contribution >= 0.6 is 0 Å². The SMILES string of the molecule is CC(N)(C(=O)Nc1ccc(-n2nccn2)cc1)C1CC1. The molecule has 1 aromatic heterocycles. The van der Waals surface area contributed by atoms with E-state index in [9.17, 15) is 4.79 Å². The fraction of sp³-hybridized carbons (Fsp3) is 0.357. The molecule has 1 aliphatic rings. The van der Waals surface area contributed by atoms with Crippen LogP contribution in [0.2, 0.25) is 0 Å². The van der Waals surface area contributed by atoms with Crippen molar-refractivity contribution in [2.24, 2.45) is 11.7 Å². The summed E-state index contributed by atoms with van der Waals surface area (Å²) < 4.78 is 0. The maximum absolute atomic E-state index is 12.2. The maximum atomic E-state index is 12.2. The van der Waals surface area contributed by atoms with Gasteiger partial charge in [-0.3, -0.25) is 4.79 Å². The van der Waals surface area contributed by atoms with Crippen molar-refractivity contribution in [3.8, 4) is 5.69 Å². The number of nitrogens with zero attached hydrogens (tertiary/aromatic N) is 3. The first-order valence-electron chi connectivity index (χ1n) is 6.64. The molecule has 1 unspecified atom stereocenters. The quantitative estimate of drug-likeness (QED) is 0.878. The van der Waals surface area contributed by atoms with E-state index in [0.717, 1.165) is 24.2 Å². The number of carbonyl (C=O) groups is 1. The number of benzene rings is 1. The second-order valence-corrected chi connectivity index (χ2v) is 5.38. The zero-order chi connectivity index (χ0) is 14.2. The molecule has 0 saturated heterocycles. The number of anilines is 1. The van der Waals surface area contributed by atoms with Crippen molar-refractivity contribution < 1.29 is 4.79 Å². The third-order valence-corrected chi connectivity index (χ3v) is 3.69. The maximum Gasteiger partial charge on any atom is 0.244 e. The summed E-state index contributed by atoms with van der Waals surface area (Å²) in [4.78, 5) is 13.7. The van der Waals surface area contributed by atoms with Gasteiger partial charge in [0.1, 0.15) is 0 Å². The molecule has 0 aliphatic heterocycles. The Kier molecular flexibility index (Phi) is 3.02. The van der Waals surface area contributed by atoms with E-state index in [1.807, 2.05) is 24.3 Å². The molecule has 0 bridgehead atoms. The predicted molar refractivity (Wildman–Crippen MR) is 75.3 cm³/mol. The molecule has 3 rings (SSSR count). The minimum absolute atomic E-state index is 0.134. The summed E-state index contributed by atoms with van der Waals surface area (Å²) in [6.45, 7) is 1.79. The van der Waals surface area contributed by atoms with Crippen LogP contribution in [0.25, 0.3) is 5.69 Å². The summed E-state index contributed by atoms with van der Waals surface area (Å²) in [6, 6.07) is 7.33. The lowest BCUT2D eigenvalue weighted by atomic mass is 9.96. The van der Waals surface area contributed by atoms with Gasteiger partial charge in [-0.15, -0.1) is 0 Å². The molecule has 0 radical (unpaired) electrons. The Morgan fingerprint density at radius 3 is 2.45 bits per heavy atom. The summed E-state index contributed by atoms with van der Waals surface area (Å²) in [5.41, 5.74) is 6.86. The van der Waals surface area contributed by atoms with Gasteiger partial charge in [0.05, 0.1) is 23.6 Å². The van der Waals surface area contributed by atoms with E-state index in [-0.39, 0.29) is 5.91 Å². The molecule has 1 amide bonds. The van der Waals surface area contributed by atoms with Gasteiger partial charge in [-0.05, 0) is 49.9 Å². The number of aromatic nitrogens is 3. The van der Waals surface area contributed by atoms with Gasteiger partial charge in [0, 0.05) is 5.69 Å². The molecule has 1 saturated carbocycles. The number of hydrogen-bond donors (Lipinski definition) is 2. The van der Waals surface area contributed by atoms with Gasteiger partial charge < -0.3 is 11.1 Å². The number of hydrogen-bond acceptors (Lipinski definition) is 4. The highest BCUT2D eigenvalue weighted by atomic mass is 16.2. The summed E-state index contributed by atoms with van der Waals surface area (Å²) in [7, 11) is 0. The predicted octanol–water partition coefficient (Wildman–Crippen LogP) is 1.33. The Hall–Kier alpha value is -2.21. The minimum Gasteiger partial charge on any atom is -0.324 e. The molecule has 6 heteroatoms. The Balaban J connectivity index is 1.71. The van der Waals surface area contributed by atoms with Crippen LogP contribution in [-0.2, 0) is 4.79 Å².